The molecular weight excluding hydrogens is 326 g/mol. The van der Waals surface area contributed by atoms with Crippen LogP contribution in [0.1, 0.15) is 27.0 Å². The summed E-state index contributed by atoms with van der Waals surface area (Å²) in [4.78, 5) is 17.7. The molecule has 0 heterocycles. The minimum absolute atomic E-state index is 0.0211. The van der Waals surface area contributed by atoms with E-state index in [1.807, 2.05) is 66.7 Å². The number of hydrogen-bond donors (Lipinski definition) is 0. The zero-order valence-corrected chi connectivity index (χ0v) is 14.5. The van der Waals surface area contributed by atoms with Crippen molar-refractivity contribution in [2.75, 3.05) is 14.2 Å². The Morgan fingerprint density at radius 1 is 0.731 bits per heavy atom. The third-order valence-corrected chi connectivity index (χ3v) is 4.47. The predicted octanol–water partition coefficient (Wildman–Crippen LogP) is 4.42. The van der Waals surface area contributed by atoms with Gasteiger partial charge in [-0.15, -0.1) is 0 Å². The van der Waals surface area contributed by atoms with E-state index in [1.54, 1.807) is 14.2 Å². The summed E-state index contributed by atoms with van der Waals surface area (Å²) in [5, 5.41) is 0. The first-order chi connectivity index (χ1) is 12.7. The van der Waals surface area contributed by atoms with Crippen LogP contribution in [-0.4, -0.2) is 25.7 Å². The molecule has 0 bridgehead atoms. The van der Waals surface area contributed by atoms with E-state index in [2.05, 4.69) is 0 Å². The molecule has 0 unspecified atom stereocenters. The molecule has 0 saturated heterocycles. The number of carbonyl (C=O) groups is 1. The van der Waals surface area contributed by atoms with Crippen LogP contribution in [0.15, 0.2) is 71.7 Å². The Hall–Kier alpha value is -3.40. The molecule has 128 valence electrons. The van der Waals surface area contributed by atoms with Crippen molar-refractivity contribution in [3.63, 3.8) is 0 Å². The average molecular weight is 343 g/mol. The summed E-state index contributed by atoms with van der Waals surface area (Å²) in [6.07, 6.45) is 0. The van der Waals surface area contributed by atoms with Crippen LogP contribution in [0.5, 0.6) is 11.5 Å². The molecule has 0 aromatic heterocycles. The van der Waals surface area contributed by atoms with E-state index in [1.165, 1.54) is 0 Å². The van der Waals surface area contributed by atoms with Gasteiger partial charge in [-0.1, -0.05) is 48.5 Å². The lowest BCUT2D eigenvalue weighted by atomic mass is 9.83. The monoisotopic (exact) mass is 343 g/mol. The van der Waals surface area contributed by atoms with Gasteiger partial charge in [0, 0.05) is 28.3 Å². The van der Waals surface area contributed by atoms with Crippen LogP contribution in [0.3, 0.4) is 0 Å². The molecule has 26 heavy (non-hydrogen) atoms. The van der Waals surface area contributed by atoms with Crippen LogP contribution in [0.25, 0.3) is 0 Å². The van der Waals surface area contributed by atoms with E-state index >= 15 is 0 Å². The summed E-state index contributed by atoms with van der Waals surface area (Å²) in [5.74, 6) is 1.36. The summed E-state index contributed by atoms with van der Waals surface area (Å²) in [6, 6.07) is 20.6. The van der Waals surface area contributed by atoms with Gasteiger partial charge in [-0.2, -0.15) is 0 Å². The van der Waals surface area contributed by atoms with Gasteiger partial charge in [-0.25, -0.2) is 4.99 Å². The number of methoxy groups -OCH3 is 2. The first-order valence-electron chi connectivity index (χ1n) is 8.27. The van der Waals surface area contributed by atoms with Crippen molar-refractivity contribution in [1.29, 1.82) is 0 Å². The molecule has 4 rings (SSSR count). The molecule has 1 aliphatic carbocycles. The molecule has 0 N–H and O–H groups in total. The van der Waals surface area contributed by atoms with Gasteiger partial charge >= 0.3 is 0 Å². The Kier molecular flexibility index (Phi) is 4.01. The summed E-state index contributed by atoms with van der Waals surface area (Å²) in [5.41, 5.74) is 4.36. The number of hydrogen-bond acceptors (Lipinski definition) is 4. The maximum atomic E-state index is 12.8. The Bertz CT molecular complexity index is 986. The lowest BCUT2D eigenvalue weighted by molar-refractivity contribution is 0.103. The summed E-state index contributed by atoms with van der Waals surface area (Å²) >= 11 is 0. The number of benzene rings is 3. The smallest absolute Gasteiger partial charge is 0.194 e. The Morgan fingerprint density at radius 2 is 1.31 bits per heavy atom. The van der Waals surface area contributed by atoms with E-state index in [0.717, 1.165) is 16.8 Å². The van der Waals surface area contributed by atoms with Crippen LogP contribution in [0, 0.1) is 0 Å². The molecule has 4 nitrogen and oxygen atoms in total. The maximum absolute atomic E-state index is 12.8. The highest BCUT2D eigenvalue weighted by Gasteiger charge is 2.27. The van der Waals surface area contributed by atoms with E-state index in [-0.39, 0.29) is 5.78 Å². The average Bonchev–Trinajstić information content (AvgIpc) is 2.71. The van der Waals surface area contributed by atoms with Crippen molar-refractivity contribution in [2.45, 2.75) is 0 Å². The lowest BCUT2D eigenvalue weighted by Gasteiger charge is -2.20. The van der Waals surface area contributed by atoms with Gasteiger partial charge < -0.3 is 9.47 Å². The predicted molar refractivity (Wildman–Crippen MR) is 101 cm³/mol. The highest BCUT2D eigenvalue weighted by molar-refractivity contribution is 6.30. The van der Waals surface area contributed by atoms with Crippen molar-refractivity contribution >= 4 is 17.2 Å². The van der Waals surface area contributed by atoms with Crippen molar-refractivity contribution < 1.29 is 14.3 Å². The molecule has 0 amide bonds. The van der Waals surface area contributed by atoms with Crippen LogP contribution in [0.2, 0.25) is 0 Å². The van der Waals surface area contributed by atoms with E-state index < -0.39 is 0 Å². The molecule has 0 fully saturated rings. The number of fused-ring (bicyclic) bond motifs is 2. The highest BCUT2D eigenvalue weighted by Crippen LogP contribution is 2.35. The van der Waals surface area contributed by atoms with Crippen LogP contribution >= 0.6 is 0 Å². The number of carbonyl (C=O) groups excluding carboxylic acids is 1. The first kappa shape index (κ1) is 16.1. The van der Waals surface area contributed by atoms with Crippen LogP contribution in [-0.2, 0) is 0 Å². The number of ketones is 1. The number of aliphatic imine (C=N–C) groups is 1. The van der Waals surface area contributed by atoms with E-state index in [4.69, 9.17) is 14.5 Å². The summed E-state index contributed by atoms with van der Waals surface area (Å²) < 4.78 is 10.8. The van der Waals surface area contributed by atoms with Gasteiger partial charge in [0.25, 0.3) is 0 Å². The molecular formula is C22H17NO3. The lowest BCUT2D eigenvalue weighted by Crippen LogP contribution is -2.21. The quantitative estimate of drug-likeness (QED) is 0.553. The number of rotatable bonds is 3. The van der Waals surface area contributed by atoms with Crippen molar-refractivity contribution in [3.8, 4) is 11.5 Å². The summed E-state index contributed by atoms with van der Waals surface area (Å²) in [7, 11) is 3.22. The number of ether oxygens (including phenoxy) is 2. The van der Waals surface area contributed by atoms with Crippen molar-refractivity contribution in [3.05, 3.63) is 89.0 Å². The fourth-order valence-electron chi connectivity index (χ4n) is 3.19. The highest BCUT2D eigenvalue weighted by atomic mass is 16.5. The van der Waals surface area contributed by atoms with Gasteiger partial charge in [0.1, 0.15) is 17.2 Å². The first-order valence-corrected chi connectivity index (χ1v) is 8.27. The second kappa shape index (κ2) is 6.48. The van der Waals surface area contributed by atoms with Crippen LogP contribution in [0.4, 0.5) is 5.69 Å². The molecule has 1 aliphatic rings. The fourth-order valence-corrected chi connectivity index (χ4v) is 3.19. The second-order valence-corrected chi connectivity index (χ2v) is 5.92. The third kappa shape index (κ3) is 2.56. The summed E-state index contributed by atoms with van der Waals surface area (Å²) in [6.45, 7) is 0. The standard InChI is InChI=1S/C22H17NO3/c1-25-14-11-12-20(26-2)19(13-14)23-21-15-7-3-5-9-17(15)22(24)18-10-6-4-8-16(18)21/h3-13H,1-2H3. The SMILES string of the molecule is COc1ccc(OC)c(N=C2c3ccccc3C(=O)c3ccccc32)c1. The zero-order valence-electron chi connectivity index (χ0n) is 14.5. The van der Waals surface area contributed by atoms with Gasteiger partial charge in [-0.3, -0.25) is 4.79 Å². The van der Waals surface area contributed by atoms with Gasteiger partial charge in [0.15, 0.2) is 5.78 Å². The minimum Gasteiger partial charge on any atom is -0.497 e. The molecule has 0 radical (unpaired) electrons. The molecule has 3 aromatic carbocycles. The number of nitrogens with zero attached hydrogens (tertiary/aromatic N) is 1. The van der Waals surface area contributed by atoms with Crippen molar-refractivity contribution in [2.24, 2.45) is 4.99 Å². The Labute approximate surface area is 151 Å². The second-order valence-electron chi connectivity index (χ2n) is 5.92. The minimum atomic E-state index is 0.0211. The third-order valence-electron chi connectivity index (χ3n) is 4.47. The van der Waals surface area contributed by atoms with E-state index in [0.29, 0.717) is 28.3 Å². The molecule has 0 atom stereocenters. The van der Waals surface area contributed by atoms with Crippen LogP contribution < -0.4 is 9.47 Å². The normalized spacial score (nSPS) is 12.2. The van der Waals surface area contributed by atoms with E-state index in [9.17, 15) is 4.79 Å². The molecule has 0 spiro atoms. The molecule has 0 aliphatic heterocycles. The molecule has 0 saturated carbocycles. The topological polar surface area (TPSA) is 47.9 Å². The molecule has 4 heteroatoms. The fraction of sp³-hybridized carbons (Fsp3) is 0.0909. The van der Waals surface area contributed by atoms with Gasteiger partial charge in [0.05, 0.1) is 19.9 Å². The maximum Gasteiger partial charge on any atom is 0.194 e. The Balaban J connectivity index is 1.99. The molecule has 3 aromatic rings. The van der Waals surface area contributed by atoms with Gasteiger partial charge in [0.2, 0.25) is 0 Å². The Morgan fingerprint density at radius 3 is 1.85 bits per heavy atom. The largest absolute Gasteiger partial charge is 0.497 e. The van der Waals surface area contributed by atoms with Gasteiger partial charge in [-0.05, 0) is 12.1 Å². The zero-order chi connectivity index (χ0) is 18.1. The van der Waals surface area contributed by atoms with Crippen molar-refractivity contribution in [1.82, 2.24) is 0 Å².